The molecule has 0 spiro atoms. The molecule has 2 rings (SSSR count). The summed E-state index contributed by atoms with van der Waals surface area (Å²) in [5.41, 5.74) is 1.29. The topological polar surface area (TPSA) is 29.9 Å². The number of rotatable bonds is 6. The van der Waals surface area contributed by atoms with E-state index in [0.29, 0.717) is 6.04 Å². The van der Waals surface area contributed by atoms with Gasteiger partial charge < -0.3 is 9.88 Å². The highest BCUT2D eigenvalue weighted by molar-refractivity contribution is 9.10. The van der Waals surface area contributed by atoms with E-state index >= 15 is 0 Å². The Morgan fingerprint density at radius 1 is 1.32 bits per heavy atom. The summed E-state index contributed by atoms with van der Waals surface area (Å²) in [7, 11) is 0. The lowest BCUT2D eigenvalue weighted by Gasteiger charge is -2.15. The second kappa shape index (κ2) is 6.87. The number of imidazole rings is 1. The van der Waals surface area contributed by atoms with Gasteiger partial charge in [-0.25, -0.2) is 4.98 Å². The number of hydrogen-bond acceptors (Lipinski definition) is 2. The van der Waals surface area contributed by atoms with Crippen LogP contribution in [0.2, 0.25) is 0 Å². The van der Waals surface area contributed by atoms with Crippen molar-refractivity contribution in [2.24, 2.45) is 0 Å². The number of aromatic nitrogens is 2. The molecule has 0 amide bonds. The van der Waals surface area contributed by atoms with Crippen molar-refractivity contribution in [3.05, 3.63) is 52.5 Å². The van der Waals surface area contributed by atoms with Crippen molar-refractivity contribution in [2.45, 2.75) is 39.4 Å². The summed E-state index contributed by atoms with van der Waals surface area (Å²) in [6, 6.07) is 8.75. The number of nitrogens with zero attached hydrogens (tertiary/aromatic N) is 2. The molecule has 1 heterocycles. The van der Waals surface area contributed by atoms with Crippen LogP contribution < -0.4 is 5.32 Å². The molecule has 0 saturated heterocycles. The van der Waals surface area contributed by atoms with Crippen LogP contribution in [0.25, 0.3) is 0 Å². The maximum absolute atomic E-state index is 4.41. The Balaban J connectivity index is 1.94. The molecule has 4 heteroatoms. The molecule has 1 N–H and O–H groups in total. The van der Waals surface area contributed by atoms with E-state index in [-0.39, 0.29) is 0 Å². The summed E-state index contributed by atoms with van der Waals surface area (Å²) >= 11 is 3.46. The molecule has 2 aromatic rings. The predicted molar refractivity (Wildman–Crippen MR) is 81.9 cm³/mol. The van der Waals surface area contributed by atoms with Crippen molar-refractivity contribution in [3.8, 4) is 0 Å². The van der Waals surface area contributed by atoms with Crippen LogP contribution in [-0.2, 0) is 13.1 Å². The van der Waals surface area contributed by atoms with E-state index in [9.17, 15) is 0 Å². The average Bonchev–Trinajstić information content (AvgIpc) is 2.85. The van der Waals surface area contributed by atoms with Crippen LogP contribution in [0.5, 0.6) is 0 Å². The van der Waals surface area contributed by atoms with Gasteiger partial charge in [-0.3, -0.25) is 0 Å². The molecule has 1 aromatic carbocycles. The molecule has 1 unspecified atom stereocenters. The molecule has 0 aliphatic rings. The van der Waals surface area contributed by atoms with E-state index in [1.807, 2.05) is 12.4 Å². The smallest absolute Gasteiger partial charge is 0.122 e. The van der Waals surface area contributed by atoms with Gasteiger partial charge in [0, 0.05) is 29.5 Å². The zero-order valence-corrected chi connectivity index (χ0v) is 13.0. The standard InChI is InChI=1S/C15H20BrN3/c1-3-9-19-10-8-17-15(19)11-18-12(2)13-4-6-14(16)7-5-13/h4-8,10,12,18H,3,9,11H2,1-2H3. The second-order valence-electron chi connectivity index (χ2n) is 4.69. The van der Waals surface area contributed by atoms with E-state index < -0.39 is 0 Å². The van der Waals surface area contributed by atoms with Crippen molar-refractivity contribution in [1.82, 2.24) is 14.9 Å². The van der Waals surface area contributed by atoms with E-state index in [0.717, 1.165) is 29.8 Å². The zero-order chi connectivity index (χ0) is 13.7. The Labute approximate surface area is 123 Å². The average molecular weight is 322 g/mol. The predicted octanol–water partition coefficient (Wildman–Crippen LogP) is 3.91. The van der Waals surface area contributed by atoms with Crippen LogP contribution >= 0.6 is 15.9 Å². The highest BCUT2D eigenvalue weighted by Gasteiger charge is 2.07. The van der Waals surface area contributed by atoms with Crippen LogP contribution in [0, 0.1) is 0 Å². The maximum Gasteiger partial charge on any atom is 0.122 e. The molecule has 0 fully saturated rings. The van der Waals surface area contributed by atoms with Gasteiger partial charge in [0.15, 0.2) is 0 Å². The first kappa shape index (κ1) is 14.3. The summed E-state index contributed by atoms with van der Waals surface area (Å²) in [5, 5.41) is 3.52. The number of hydrogen-bond donors (Lipinski definition) is 1. The van der Waals surface area contributed by atoms with Crippen molar-refractivity contribution in [1.29, 1.82) is 0 Å². The van der Waals surface area contributed by atoms with Gasteiger partial charge in [0.2, 0.25) is 0 Å². The van der Waals surface area contributed by atoms with E-state index in [1.54, 1.807) is 0 Å². The fourth-order valence-corrected chi connectivity index (χ4v) is 2.33. The molecule has 0 aliphatic carbocycles. The SMILES string of the molecule is CCCn1ccnc1CNC(C)c1ccc(Br)cc1. The summed E-state index contributed by atoms with van der Waals surface area (Å²) in [6.07, 6.45) is 5.05. The number of aryl methyl sites for hydroxylation is 1. The third-order valence-electron chi connectivity index (χ3n) is 3.20. The molecule has 0 bridgehead atoms. The first-order valence-corrected chi connectivity index (χ1v) is 7.49. The first-order chi connectivity index (χ1) is 9.20. The van der Waals surface area contributed by atoms with Crippen LogP contribution in [0.15, 0.2) is 41.1 Å². The van der Waals surface area contributed by atoms with Crippen LogP contribution in [-0.4, -0.2) is 9.55 Å². The third kappa shape index (κ3) is 3.91. The van der Waals surface area contributed by atoms with Crippen LogP contribution in [0.4, 0.5) is 0 Å². The van der Waals surface area contributed by atoms with Gasteiger partial charge in [0.1, 0.15) is 5.82 Å². The van der Waals surface area contributed by atoms with Gasteiger partial charge in [0.25, 0.3) is 0 Å². The van der Waals surface area contributed by atoms with E-state index in [4.69, 9.17) is 0 Å². The van der Waals surface area contributed by atoms with Gasteiger partial charge in [0.05, 0.1) is 6.54 Å². The molecular weight excluding hydrogens is 302 g/mol. The molecule has 0 saturated carbocycles. The fraction of sp³-hybridized carbons (Fsp3) is 0.400. The molecule has 102 valence electrons. The Morgan fingerprint density at radius 2 is 2.05 bits per heavy atom. The van der Waals surface area contributed by atoms with Crippen LogP contribution in [0.3, 0.4) is 0 Å². The van der Waals surface area contributed by atoms with Gasteiger partial charge in [-0.2, -0.15) is 0 Å². The Hall–Kier alpha value is -1.13. The van der Waals surface area contributed by atoms with Crippen molar-refractivity contribution in [3.63, 3.8) is 0 Å². The summed E-state index contributed by atoms with van der Waals surface area (Å²) in [6.45, 7) is 6.19. The molecule has 0 radical (unpaired) electrons. The normalized spacial score (nSPS) is 12.6. The van der Waals surface area contributed by atoms with Gasteiger partial charge in [-0.15, -0.1) is 0 Å². The van der Waals surface area contributed by atoms with Crippen LogP contribution in [0.1, 0.15) is 37.7 Å². The second-order valence-corrected chi connectivity index (χ2v) is 5.61. The minimum Gasteiger partial charge on any atom is -0.334 e. The quantitative estimate of drug-likeness (QED) is 0.874. The summed E-state index contributed by atoms with van der Waals surface area (Å²) in [5.74, 6) is 1.10. The highest BCUT2D eigenvalue weighted by Crippen LogP contribution is 2.16. The van der Waals surface area contributed by atoms with Gasteiger partial charge in [-0.05, 0) is 31.0 Å². The highest BCUT2D eigenvalue weighted by atomic mass is 79.9. The minimum atomic E-state index is 0.319. The number of halogens is 1. The lowest BCUT2D eigenvalue weighted by Crippen LogP contribution is -2.20. The van der Waals surface area contributed by atoms with Gasteiger partial charge >= 0.3 is 0 Å². The number of nitrogens with one attached hydrogen (secondary N) is 1. The van der Waals surface area contributed by atoms with E-state index in [1.165, 1.54) is 5.56 Å². The molecule has 19 heavy (non-hydrogen) atoms. The molecule has 1 atom stereocenters. The van der Waals surface area contributed by atoms with Crippen molar-refractivity contribution >= 4 is 15.9 Å². The molecular formula is C15H20BrN3. The first-order valence-electron chi connectivity index (χ1n) is 6.69. The van der Waals surface area contributed by atoms with Crippen molar-refractivity contribution in [2.75, 3.05) is 0 Å². The minimum absolute atomic E-state index is 0.319. The zero-order valence-electron chi connectivity index (χ0n) is 11.4. The van der Waals surface area contributed by atoms with E-state index in [2.05, 4.69) is 68.9 Å². The van der Waals surface area contributed by atoms with Gasteiger partial charge in [-0.1, -0.05) is 35.0 Å². The number of benzene rings is 1. The Kier molecular flexibility index (Phi) is 5.16. The molecule has 1 aromatic heterocycles. The monoisotopic (exact) mass is 321 g/mol. The lowest BCUT2D eigenvalue weighted by molar-refractivity contribution is 0.532. The summed E-state index contributed by atoms with van der Waals surface area (Å²) < 4.78 is 3.32. The molecule has 3 nitrogen and oxygen atoms in total. The Bertz CT molecular complexity index is 504. The lowest BCUT2D eigenvalue weighted by atomic mass is 10.1. The molecule has 0 aliphatic heterocycles. The van der Waals surface area contributed by atoms with Crippen molar-refractivity contribution < 1.29 is 0 Å². The largest absolute Gasteiger partial charge is 0.334 e. The third-order valence-corrected chi connectivity index (χ3v) is 3.73. The Morgan fingerprint density at radius 3 is 2.74 bits per heavy atom. The summed E-state index contributed by atoms with van der Waals surface area (Å²) in [4.78, 5) is 4.41. The fourth-order valence-electron chi connectivity index (χ4n) is 2.07. The maximum atomic E-state index is 4.41.